The predicted molar refractivity (Wildman–Crippen MR) is 127 cm³/mol. The molecule has 1 N–H and O–H groups in total. The van der Waals surface area contributed by atoms with E-state index in [1.165, 1.54) is 16.4 Å². The number of amides is 1. The maximum Gasteiger partial charge on any atom is 0.336 e. The van der Waals surface area contributed by atoms with E-state index in [0.717, 1.165) is 62.9 Å². The molecular formula is C25H31N3O5S. The number of carboxylic acid groups (broad SMARTS) is 1. The molecule has 34 heavy (non-hydrogen) atoms. The van der Waals surface area contributed by atoms with E-state index in [4.69, 9.17) is 4.98 Å². The average Bonchev–Trinajstić information content (AvgIpc) is 3.28. The summed E-state index contributed by atoms with van der Waals surface area (Å²) in [4.78, 5) is 31.7. The minimum atomic E-state index is -3.80. The van der Waals surface area contributed by atoms with Gasteiger partial charge in [0.15, 0.2) is 0 Å². The highest BCUT2D eigenvalue weighted by Crippen LogP contribution is 2.32. The van der Waals surface area contributed by atoms with Gasteiger partial charge in [-0.3, -0.25) is 9.78 Å². The van der Waals surface area contributed by atoms with Crippen molar-refractivity contribution in [2.45, 2.75) is 62.7 Å². The largest absolute Gasteiger partial charge is 0.478 e. The van der Waals surface area contributed by atoms with Crippen LogP contribution in [-0.4, -0.2) is 65.8 Å². The monoisotopic (exact) mass is 485 g/mol. The van der Waals surface area contributed by atoms with Crippen LogP contribution in [0, 0.1) is 5.92 Å². The minimum Gasteiger partial charge on any atom is -0.478 e. The summed E-state index contributed by atoms with van der Waals surface area (Å²) in [6, 6.07) is 4.64. The van der Waals surface area contributed by atoms with Gasteiger partial charge in [-0.15, -0.1) is 0 Å². The molecule has 1 amide bonds. The Morgan fingerprint density at radius 3 is 2.35 bits per heavy atom. The molecule has 182 valence electrons. The van der Waals surface area contributed by atoms with Crippen molar-refractivity contribution in [1.29, 1.82) is 0 Å². The van der Waals surface area contributed by atoms with E-state index in [0.29, 0.717) is 43.3 Å². The van der Waals surface area contributed by atoms with Crippen LogP contribution in [0.1, 0.15) is 66.6 Å². The van der Waals surface area contributed by atoms with Gasteiger partial charge in [0, 0.05) is 43.2 Å². The lowest BCUT2D eigenvalue weighted by atomic mass is 9.97. The number of carboxylic acids is 1. The Balaban J connectivity index is 1.43. The second kappa shape index (κ2) is 9.26. The molecule has 1 aromatic heterocycles. The summed E-state index contributed by atoms with van der Waals surface area (Å²) in [6.45, 7) is 2.19. The third kappa shape index (κ3) is 4.20. The SMILES string of the molecule is O=C(O)c1c2c(nc3ccc(S(=O)(=O)N4CCC(C(=O)N5CCCC5)CC4)cc13)CCCCC2. The van der Waals surface area contributed by atoms with Crippen molar-refractivity contribution >= 4 is 32.8 Å². The number of pyridine rings is 1. The molecule has 2 aliphatic heterocycles. The van der Waals surface area contributed by atoms with Gasteiger partial charge in [-0.2, -0.15) is 4.31 Å². The summed E-state index contributed by atoms with van der Waals surface area (Å²) in [5.41, 5.74) is 2.27. The van der Waals surface area contributed by atoms with Crippen molar-refractivity contribution in [3.63, 3.8) is 0 Å². The number of piperidine rings is 1. The van der Waals surface area contributed by atoms with Crippen LogP contribution in [0.3, 0.4) is 0 Å². The Kier molecular flexibility index (Phi) is 6.33. The van der Waals surface area contributed by atoms with E-state index in [1.807, 2.05) is 4.90 Å². The van der Waals surface area contributed by atoms with Crippen molar-refractivity contribution in [2.24, 2.45) is 5.92 Å². The third-order valence-electron chi connectivity index (χ3n) is 7.56. The number of carbonyl (C=O) groups is 2. The number of likely N-dealkylation sites (tertiary alicyclic amines) is 1. The first-order valence-corrected chi connectivity index (χ1v) is 13.8. The highest BCUT2D eigenvalue weighted by molar-refractivity contribution is 7.89. The minimum absolute atomic E-state index is 0.0854. The van der Waals surface area contributed by atoms with E-state index >= 15 is 0 Å². The molecular weight excluding hydrogens is 454 g/mol. The molecule has 2 fully saturated rings. The van der Waals surface area contributed by atoms with Gasteiger partial charge in [0.1, 0.15) is 0 Å². The zero-order valence-corrected chi connectivity index (χ0v) is 20.1. The first kappa shape index (κ1) is 23.2. The molecule has 1 aromatic carbocycles. The summed E-state index contributed by atoms with van der Waals surface area (Å²) in [5, 5.41) is 10.4. The molecule has 0 spiro atoms. The summed E-state index contributed by atoms with van der Waals surface area (Å²) in [6.07, 6.45) is 7.41. The number of benzene rings is 1. The lowest BCUT2D eigenvalue weighted by molar-refractivity contribution is -0.135. The maximum absolute atomic E-state index is 13.5. The molecule has 0 unspecified atom stereocenters. The molecule has 0 saturated carbocycles. The smallest absolute Gasteiger partial charge is 0.336 e. The van der Waals surface area contributed by atoms with Gasteiger partial charge in [-0.25, -0.2) is 13.2 Å². The quantitative estimate of drug-likeness (QED) is 0.666. The third-order valence-corrected chi connectivity index (χ3v) is 9.45. The lowest BCUT2D eigenvalue weighted by Gasteiger charge is -2.32. The molecule has 0 radical (unpaired) electrons. The van der Waals surface area contributed by atoms with Crippen LogP contribution in [0.2, 0.25) is 0 Å². The van der Waals surface area contributed by atoms with Gasteiger partial charge in [0.25, 0.3) is 0 Å². The van der Waals surface area contributed by atoms with Gasteiger partial charge in [0.05, 0.1) is 16.0 Å². The fourth-order valence-electron chi connectivity index (χ4n) is 5.67. The Hall–Kier alpha value is -2.52. The summed E-state index contributed by atoms with van der Waals surface area (Å²) >= 11 is 0. The number of hydrogen-bond acceptors (Lipinski definition) is 5. The molecule has 8 nitrogen and oxygen atoms in total. The van der Waals surface area contributed by atoms with Crippen LogP contribution in [0.15, 0.2) is 23.1 Å². The molecule has 2 aromatic rings. The van der Waals surface area contributed by atoms with Crippen LogP contribution in [0.5, 0.6) is 0 Å². The highest BCUT2D eigenvalue weighted by Gasteiger charge is 2.35. The number of aromatic carboxylic acids is 1. The Labute approximate surface area is 200 Å². The zero-order chi connectivity index (χ0) is 23.9. The number of sulfonamides is 1. The van der Waals surface area contributed by atoms with Gasteiger partial charge < -0.3 is 10.0 Å². The Bertz CT molecular complexity index is 1230. The fraction of sp³-hybridized carbons (Fsp3) is 0.560. The van der Waals surface area contributed by atoms with Crippen molar-refractivity contribution in [1.82, 2.24) is 14.2 Å². The number of carbonyl (C=O) groups excluding carboxylic acids is 1. The number of aryl methyl sites for hydroxylation is 1. The summed E-state index contributed by atoms with van der Waals surface area (Å²) in [7, 11) is -3.80. The first-order valence-electron chi connectivity index (χ1n) is 12.3. The number of aromatic nitrogens is 1. The van der Waals surface area contributed by atoms with Crippen molar-refractivity contribution in [3.05, 3.63) is 35.0 Å². The summed E-state index contributed by atoms with van der Waals surface area (Å²) < 4.78 is 28.3. The second-order valence-electron chi connectivity index (χ2n) is 9.67. The van der Waals surface area contributed by atoms with Gasteiger partial charge in [-0.05, 0) is 75.1 Å². The van der Waals surface area contributed by atoms with Crippen molar-refractivity contribution in [3.8, 4) is 0 Å². The van der Waals surface area contributed by atoms with Gasteiger partial charge >= 0.3 is 5.97 Å². The molecule has 5 rings (SSSR count). The standard InChI is InChI=1S/C25H31N3O5S/c29-24(27-12-4-5-13-27)17-10-14-28(15-11-17)34(32,33)18-8-9-22-20(16-18)23(25(30)31)19-6-2-1-3-7-21(19)26-22/h8-9,16-17H,1-7,10-15H2,(H,30,31). The van der Waals surface area contributed by atoms with Crippen molar-refractivity contribution in [2.75, 3.05) is 26.2 Å². The number of fused-ring (bicyclic) bond motifs is 2. The van der Waals surface area contributed by atoms with Crippen LogP contribution in [0.25, 0.3) is 10.9 Å². The van der Waals surface area contributed by atoms with Crippen molar-refractivity contribution < 1.29 is 23.1 Å². The molecule has 0 atom stereocenters. The molecule has 1 aliphatic carbocycles. The van der Waals surface area contributed by atoms with Gasteiger partial charge in [0.2, 0.25) is 15.9 Å². The Morgan fingerprint density at radius 2 is 1.65 bits per heavy atom. The second-order valence-corrected chi connectivity index (χ2v) is 11.6. The average molecular weight is 486 g/mol. The predicted octanol–water partition coefficient (Wildman–Crippen LogP) is 3.23. The summed E-state index contributed by atoms with van der Waals surface area (Å²) in [5.74, 6) is -1.01. The highest BCUT2D eigenvalue weighted by atomic mass is 32.2. The van der Waals surface area contributed by atoms with Crippen LogP contribution in [0.4, 0.5) is 0 Å². The molecule has 3 heterocycles. The van der Waals surface area contributed by atoms with E-state index in [9.17, 15) is 23.1 Å². The molecule has 9 heteroatoms. The van der Waals surface area contributed by atoms with Gasteiger partial charge in [-0.1, -0.05) is 6.42 Å². The zero-order valence-electron chi connectivity index (χ0n) is 19.3. The van der Waals surface area contributed by atoms with E-state index in [1.54, 1.807) is 6.07 Å². The van der Waals surface area contributed by atoms with E-state index in [2.05, 4.69) is 0 Å². The van der Waals surface area contributed by atoms with E-state index < -0.39 is 16.0 Å². The van der Waals surface area contributed by atoms with Crippen LogP contribution in [-0.2, 0) is 27.7 Å². The topological polar surface area (TPSA) is 108 Å². The van der Waals surface area contributed by atoms with E-state index in [-0.39, 0.29) is 22.3 Å². The molecule has 3 aliphatic rings. The Morgan fingerprint density at radius 1 is 0.941 bits per heavy atom. The number of hydrogen-bond donors (Lipinski definition) is 1. The number of rotatable bonds is 4. The normalized spacial score (nSPS) is 20.3. The van der Waals surface area contributed by atoms with Crippen LogP contribution >= 0.6 is 0 Å². The lowest BCUT2D eigenvalue weighted by Crippen LogP contribution is -2.43. The maximum atomic E-state index is 13.5. The first-order chi connectivity index (χ1) is 16.4. The fourth-order valence-corrected chi connectivity index (χ4v) is 7.17. The molecule has 2 saturated heterocycles. The van der Waals surface area contributed by atoms with Crippen LogP contribution < -0.4 is 0 Å². The number of nitrogens with zero attached hydrogens (tertiary/aromatic N) is 3. The molecule has 0 bridgehead atoms.